The highest BCUT2D eigenvalue weighted by Gasteiger charge is 2.18. The molecular formula is C9H12ClNO2S. The highest BCUT2D eigenvalue weighted by Crippen LogP contribution is 2.24. The quantitative estimate of drug-likeness (QED) is 0.700. The summed E-state index contributed by atoms with van der Waals surface area (Å²) in [5, 5.41) is -0.0911. The first-order valence-corrected chi connectivity index (χ1v) is 6.43. The number of rotatable bonds is 1. The van der Waals surface area contributed by atoms with Crippen LogP contribution in [0.25, 0.3) is 0 Å². The van der Waals surface area contributed by atoms with Gasteiger partial charge in [-0.25, -0.2) is 13.4 Å². The number of nitrogens with zero attached hydrogens (tertiary/aromatic N) is 1. The van der Waals surface area contributed by atoms with E-state index in [1.54, 1.807) is 6.07 Å². The zero-order chi connectivity index (χ0) is 11.0. The molecule has 0 N–H and O–H groups in total. The number of hydrogen-bond donors (Lipinski definition) is 0. The molecule has 78 valence electrons. The van der Waals surface area contributed by atoms with Gasteiger partial charge >= 0.3 is 0 Å². The van der Waals surface area contributed by atoms with Gasteiger partial charge in [0.2, 0.25) is 0 Å². The molecule has 0 atom stereocenters. The van der Waals surface area contributed by atoms with Crippen LogP contribution in [-0.4, -0.2) is 13.4 Å². The van der Waals surface area contributed by atoms with Gasteiger partial charge in [0.25, 0.3) is 9.05 Å². The summed E-state index contributed by atoms with van der Waals surface area (Å²) < 4.78 is 22.0. The molecule has 1 rings (SSSR count). The second-order valence-electron chi connectivity index (χ2n) is 4.07. The van der Waals surface area contributed by atoms with Gasteiger partial charge in [0.05, 0.1) is 0 Å². The third kappa shape index (κ3) is 2.69. The topological polar surface area (TPSA) is 47.0 Å². The summed E-state index contributed by atoms with van der Waals surface area (Å²) >= 11 is 0. The predicted octanol–water partition coefficient (Wildman–Crippen LogP) is 2.31. The molecule has 0 radical (unpaired) electrons. The molecule has 1 aromatic rings. The number of aromatic nitrogens is 1. The third-order valence-electron chi connectivity index (χ3n) is 1.85. The lowest BCUT2D eigenvalue weighted by atomic mass is 9.88. The van der Waals surface area contributed by atoms with E-state index in [0.29, 0.717) is 0 Å². The minimum Gasteiger partial charge on any atom is -0.244 e. The van der Waals surface area contributed by atoms with Gasteiger partial charge in [-0.05, 0) is 23.1 Å². The molecule has 0 spiro atoms. The largest absolute Gasteiger partial charge is 0.278 e. The number of halogens is 1. The molecule has 0 fully saturated rings. The van der Waals surface area contributed by atoms with Crippen molar-refractivity contribution in [2.24, 2.45) is 0 Å². The maximum Gasteiger partial charge on any atom is 0.278 e. The second kappa shape index (κ2) is 3.51. The zero-order valence-electron chi connectivity index (χ0n) is 8.28. The van der Waals surface area contributed by atoms with E-state index in [4.69, 9.17) is 10.7 Å². The molecule has 0 aromatic carbocycles. The van der Waals surface area contributed by atoms with Crippen LogP contribution < -0.4 is 0 Å². The van der Waals surface area contributed by atoms with Gasteiger partial charge < -0.3 is 0 Å². The number of pyridine rings is 1. The zero-order valence-corrected chi connectivity index (χ0v) is 9.85. The molecule has 0 aliphatic carbocycles. The minimum absolute atomic E-state index is 0.0911. The van der Waals surface area contributed by atoms with E-state index in [0.717, 1.165) is 5.56 Å². The van der Waals surface area contributed by atoms with Crippen LogP contribution in [0.5, 0.6) is 0 Å². The van der Waals surface area contributed by atoms with Crippen LogP contribution >= 0.6 is 10.7 Å². The summed E-state index contributed by atoms with van der Waals surface area (Å²) in [4.78, 5) is 3.70. The molecular weight excluding hydrogens is 222 g/mol. The van der Waals surface area contributed by atoms with Crippen molar-refractivity contribution in [2.75, 3.05) is 0 Å². The van der Waals surface area contributed by atoms with E-state index in [-0.39, 0.29) is 10.4 Å². The van der Waals surface area contributed by atoms with Crippen molar-refractivity contribution in [3.8, 4) is 0 Å². The van der Waals surface area contributed by atoms with Crippen molar-refractivity contribution >= 4 is 19.7 Å². The van der Waals surface area contributed by atoms with Gasteiger partial charge in [0.1, 0.15) is 0 Å². The average Bonchev–Trinajstić information content (AvgIpc) is 2.01. The van der Waals surface area contributed by atoms with Crippen molar-refractivity contribution in [1.82, 2.24) is 4.98 Å². The Hall–Kier alpha value is -0.610. The molecule has 0 saturated carbocycles. The lowest BCUT2D eigenvalue weighted by Crippen LogP contribution is -2.12. The smallest absolute Gasteiger partial charge is 0.244 e. The first-order valence-electron chi connectivity index (χ1n) is 4.12. The van der Waals surface area contributed by atoms with E-state index in [2.05, 4.69) is 4.98 Å². The SMILES string of the molecule is CC(C)(C)c1ccnc(S(=O)(=O)Cl)c1. The highest BCUT2D eigenvalue weighted by molar-refractivity contribution is 8.13. The lowest BCUT2D eigenvalue weighted by Gasteiger charge is -2.18. The lowest BCUT2D eigenvalue weighted by molar-refractivity contribution is 0.583. The maximum absolute atomic E-state index is 11.0. The van der Waals surface area contributed by atoms with Crippen LogP contribution in [0, 0.1) is 0 Å². The molecule has 1 heterocycles. The fraction of sp³-hybridized carbons (Fsp3) is 0.444. The van der Waals surface area contributed by atoms with Gasteiger partial charge in [-0.1, -0.05) is 20.8 Å². The van der Waals surface area contributed by atoms with Crippen LogP contribution in [0.15, 0.2) is 23.4 Å². The molecule has 0 amide bonds. The van der Waals surface area contributed by atoms with Crippen LogP contribution in [0.1, 0.15) is 26.3 Å². The fourth-order valence-corrected chi connectivity index (χ4v) is 1.72. The van der Waals surface area contributed by atoms with Gasteiger partial charge in [-0.3, -0.25) is 0 Å². The molecule has 0 aliphatic heterocycles. The summed E-state index contributed by atoms with van der Waals surface area (Å²) in [6, 6.07) is 3.29. The Morgan fingerprint density at radius 2 is 1.93 bits per heavy atom. The summed E-state index contributed by atoms with van der Waals surface area (Å²) in [6.07, 6.45) is 1.45. The van der Waals surface area contributed by atoms with Crippen LogP contribution in [0.3, 0.4) is 0 Å². The van der Waals surface area contributed by atoms with E-state index >= 15 is 0 Å². The predicted molar refractivity (Wildman–Crippen MR) is 56.0 cm³/mol. The van der Waals surface area contributed by atoms with Crippen molar-refractivity contribution in [3.63, 3.8) is 0 Å². The van der Waals surface area contributed by atoms with Crippen molar-refractivity contribution < 1.29 is 8.42 Å². The normalized spacial score (nSPS) is 12.9. The van der Waals surface area contributed by atoms with Crippen molar-refractivity contribution in [3.05, 3.63) is 23.9 Å². The summed E-state index contributed by atoms with van der Waals surface area (Å²) in [6.45, 7) is 5.98. The van der Waals surface area contributed by atoms with E-state index < -0.39 is 9.05 Å². The molecule has 14 heavy (non-hydrogen) atoms. The molecule has 0 unspecified atom stereocenters. The molecule has 0 aliphatic rings. The van der Waals surface area contributed by atoms with Gasteiger partial charge in [-0.15, -0.1) is 0 Å². The minimum atomic E-state index is -3.72. The maximum atomic E-state index is 11.0. The van der Waals surface area contributed by atoms with Gasteiger partial charge in [-0.2, -0.15) is 0 Å². The van der Waals surface area contributed by atoms with E-state index in [1.165, 1.54) is 12.3 Å². The van der Waals surface area contributed by atoms with Crippen molar-refractivity contribution in [1.29, 1.82) is 0 Å². The Bertz CT molecular complexity index is 434. The molecule has 1 aromatic heterocycles. The third-order valence-corrected chi connectivity index (χ3v) is 3.05. The second-order valence-corrected chi connectivity index (χ2v) is 6.58. The average molecular weight is 234 g/mol. The van der Waals surface area contributed by atoms with Crippen LogP contribution in [-0.2, 0) is 14.5 Å². The first-order chi connectivity index (χ1) is 6.21. The fourth-order valence-electron chi connectivity index (χ4n) is 1.01. The Kier molecular flexibility index (Phi) is 2.88. The summed E-state index contributed by atoms with van der Waals surface area (Å²) in [5.41, 5.74) is 0.783. The Balaban J connectivity index is 3.29. The molecule has 0 saturated heterocycles. The monoisotopic (exact) mass is 233 g/mol. The summed E-state index contributed by atoms with van der Waals surface area (Å²) in [5.74, 6) is 0. The molecule has 3 nitrogen and oxygen atoms in total. The molecule has 5 heteroatoms. The Morgan fingerprint density at radius 1 is 1.36 bits per heavy atom. The first kappa shape index (κ1) is 11.5. The Labute approximate surface area is 88.5 Å². The van der Waals surface area contributed by atoms with Crippen molar-refractivity contribution in [2.45, 2.75) is 31.2 Å². The molecule has 0 bridgehead atoms. The number of hydrogen-bond acceptors (Lipinski definition) is 3. The van der Waals surface area contributed by atoms with Gasteiger partial charge in [0, 0.05) is 16.9 Å². The highest BCUT2D eigenvalue weighted by atomic mass is 35.7. The standard InChI is InChI=1S/C9H12ClNO2S/c1-9(2,3)7-4-5-11-8(6-7)14(10,12)13/h4-6H,1-3H3. The van der Waals surface area contributed by atoms with Crippen LogP contribution in [0.4, 0.5) is 0 Å². The van der Waals surface area contributed by atoms with Crippen LogP contribution in [0.2, 0.25) is 0 Å². The summed E-state index contributed by atoms with van der Waals surface area (Å²) in [7, 11) is 1.47. The van der Waals surface area contributed by atoms with Gasteiger partial charge in [0.15, 0.2) is 5.03 Å². The van der Waals surface area contributed by atoms with E-state index in [9.17, 15) is 8.42 Å². The Morgan fingerprint density at radius 3 is 2.36 bits per heavy atom. The van der Waals surface area contributed by atoms with E-state index in [1.807, 2.05) is 20.8 Å².